The molecule has 0 aromatic heterocycles. The predicted octanol–water partition coefficient (Wildman–Crippen LogP) is 7.02. The van der Waals surface area contributed by atoms with E-state index in [2.05, 4.69) is 37.3 Å². The highest BCUT2D eigenvalue weighted by molar-refractivity contribution is 5.31. The summed E-state index contributed by atoms with van der Waals surface area (Å²) >= 11 is 0. The number of ether oxygens (including phenoxy) is 2. The number of nitrogens with zero attached hydrogens (tertiary/aromatic N) is 1. The van der Waals surface area contributed by atoms with Gasteiger partial charge in [-0.3, -0.25) is 0 Å². The maximum Gasteiger partial charge on any atom is 0.161 e. The van der Waals surface area contributed by atoms with E-state index in [4.69, 9.17) is 14.7 Å². The van der Waals surface area contributed by atoms with Crippen molar-refractivity contribution in [1.29, 1.82) is 5.26 Å². The Morgan fingerprint density at radius 3 is 1.94 bits per heavy atom. The first kappa shape index (κ1) is 24.5. The average Bonchev–Trinajstić information content (AvgIpc) is 2.84. The molecule has 2 aromatic carbocycles. The van der Waals surface area contributed by atoms with Gasteiger partial charge in [0.25, 0.3) is 0 Å². The Labute approximate surface area is 194 Å². The molecule has 172 valence electrons. The number of aryl methyl sites for hydroxylation is 2. The van der Waals surface area contributed by atoms with Gasteiger partial charge in [-0.1, -0.05) is 75.4 Å². The molecule has 0 unspecified atom stereocenters. The summed E-state index contributed by atoms with van der Waals surface area (Å²) in [7, 11) is 0. The zero-order valence-corrected chi connectivity index (χ0v) is 19.7. The number of unbranched alkanes of at least 4 members (excludes halogenated alkanes) is 5. The molecule has 2 aromatic rings. The lowest BCUT2D eigenvalue weighted by molar-refractivity contribution is -0.200. The summed E-state index contributed by atoms with van der Waals surface area (Å²) in [5.74, 6) is 0.485. The molecule has 1 saturated heterocycles. The second-order valence-electron chi connectivity index (χ2n) is 9.20. The molecule has 0 N–H and O–H groups in total. The van der Waals surface area contributed by atoms with E-state index in [1.807, 2.05) is 24.3 Å². The molecule has 1 aliphatic rings. The molecule has 0 saturated carbocycles. The van der Waals surface area contributed by atoms with Crippen molar-refractivity contribution in [2.45, 2.75) is 83.8 Å². The summed E-state index contributed by atoms with van der Waals surface area (Å²) in [6, 6.07) is 19.1. The summed E-state index contributed by atoms with van der Waals surface area (Å²) in [4.78, 5) is 0. The molecular formula is C29H39NO2. The number of benzene rings is 2. The van der Waals surface area contributed by atoms with E-state index >= 15 is 0 Å². The molecule has 0 aliphatic carbocycles. The maximum absolute atomic E-state index is 8.90. The lowest BCUT2D eigenvalue weighted by Crippen LogP contribution is -2.33. The van der Waals surface area contributed by atoms with Crippen molar-refractivity contribution in [2.24, 2.45) is 5.92 Å². The monoisotopic (exact) mass is 433 g/mol. The highest BCUT2D eigenvalue weighted by atomic mass is 16.7. The van der Waals surface area contributed by atoms with Crippen molar-refractivity contribution >= 4 is 0 Å². The van der Waals surface area contributed by atoms with Gasteiger partial charge in [-0.2, -0.15) is 5.26 Å². The van der Waals surface area contributed by atoms with Gasteiger partial charge in [-0.15, -0.1) is 0 Å². The molecule has 3 heteroatoms. The Balaban J connectivity index is 1.27. The molecular weight excluding hydrogens is 394 g/mol. The van der Waals surface area contributed by atoms with Gasteiger partial charge in [-0.05, 0) is 60.9 Å². The Morgan fingerprint density at radius 2 is 1.31 bits per heavy atom. The largest absolute Gasteiger partial charge is 0.352 e. The minimum atomic E-state index is -0.168. The fraction of sp³-hybridized carbons (Fsp3) is 0.552. The lowest BCUT2D eigenvalue weighted by atomic mass is 9.98. The van der Waals surface area contributed by atoms with Gasteiger partial charge in [0, 0.05) is 12.3 Å². The molecule has 1 heterocycles. The van der Waals surface area contributed by atoms with Gasteiger partial charge in [0.05, 0.1) is 24.8 Å². The molecule has 1 fully saturated rings. The van der Waals surface area contributed by atoms with Crippen molar-refractivity contribution in [2.75, 3.05) is 13.2 Å². The van der Waals surface area contributed by atoms with Crippen molar-refractivity contribution < 1.29 is 9.47 Å². The van der Waals surface area contributed by atoms with Crippen LogP contribution >= 0.6 is 0 Å². The molecule has 0 spiro atoms. The Bertz CT molecular complexity index is 799. The second kappa shape index (κ2) is 14.1. The van der Waals surface area contributed by atoms with Crippen LogP contribution in [0, 0.1) is 17.2 Å². The smallest absolute Gasteiger partial charge is 0.161 e. The van der Waals surface area contributed by atoms with Crippen LogP contribution in [0.15, 0.2) is 48.5 Å². The van der Waals surface area contributed by atoms with Crippen molar-refractivity contribution in [1.82, 2.24) is 0 Å². The average molecular weight is 434 g/mol. The fourth-order valence-electron chi connectivity index (χ4n) is 4.35. The quantitative estimate of drug-likeness (QED) is 0.319. The summed E-state index contributed by atoms with van der Waals surface area (Å²) in [6.07, 6.45) is 13.4. The Morgan fingerprint density at radius 1 is 0.750 bits per heavy atom. The van der Waals surface area contributed by atoms with Crippen LogP contribution in [-0.4, -0.2) is 19.5 Å². The first-order valence-electron chi connectivity index (χ1n) is 12.6. The topological polar surface area (TPSA) is 42.2 Å². The Kier molecular flexibility index (Phi) is 10.8. The van der Waals surface area contributed by atoms with Crippen molar-refractivity contribution in [3.8, 4) is 6.07 Å². The van der Waals surface area contributed by atoms with E-state index in [1.54, 1.807) is 0 Å². The van der Waals surface area contributed by atoms with Gasteiger partial charge in [-0.25, -0.2) is 0 Å². The highest BCUT2D eigenvalue weighted by Gasteiger charge is 2.22. The molecule has 0 atom stereocenters. The highest BCUT2D eigenvalue weighted by Crippen LogP contribution is 2.20. The third-order valence-electron chi connectivity index (χ3n) is 6.44. The Hall–Kier alpha value is -2.15. The van der Waals surface area contributed by atoms with Crippen LogP contribution in [0.3, 0.4) is 0 Å². The number of nitriles is 1. The molecule has 3 nitrogen and oxygen atoms in total. The van der Waals surface area contributed by atoms with E-state index in [9.17, 15) is 0 Å². The molecule has 0 bridgehead atoms. The van der Waals surface area contributed by atoms with Crippen LogP contribution in [-0.2, 0) is 28.7 Å². The predicted molar refractivity (Wildman–Crippen MR) is 131 cm³/mol. The first-order valence-corrected chi connectivity index (χ1v) is 12.6. The van der Waals surface area contributed by atoms with Gasteiger partial charge in [0.2, 0.25) is 0 Å². The number of hydrogen-bond donors (Lipinski definition) is 0. The van der Waals surface area contributed by atoms with Crippen LogP contribution in [0.4, 0.5) is 0 Å². The van der Waals surface area contributed by atoms with Crippen LogP contribution in [0.25, 0.3) is 0 Å². The molecule has 3 rings (SSSR count). The summed E-state index contributed by atoms with van der Waals surface area (Å²) in [5, 5.41) is 8.90. The van der Waals surface area contributed by atoms with Gasteiger partial charge < -0.3 is 9.47 Å². The normalized spacial score (nSPS) is 18.4. The fourth-order valence-corrected chi connectivity index (χ4v) is 4.35. The van der Waals surface area contributed by atoms with Crippen molar-refractivity contribution in [3.05, 3.63) is 70.8 Å². The first-order chi connectivity index (χ1) is 15.8. The SMILES string of the molecule is CCCCCCCCc1ccc(CCCC2COC(Cc3ccc(C#N)cc3)OC2)cc1. The van der Waals surface area contributed by atoms with E-state index in [-0.39, 0.29) is 6.29 Å². The maximum atomic E-state index is 8.90. The third kappa shape index (κ3) is 8.77. The van der Waals surface area contributed by atoms with E-state index in [0.29, 0.717) is 11.5 Å². The van der Waals surface area contributed by atoms with Crippen LogP contribution in [0.5, 0.6) is 0 Å². The minimum absolute atomic E-state index is 0.168. The molecule has 0 amide bonds. The van der Waals surface area contributed by atoms with E-state index in [1.165, 1.54) is 62.5 Å². The zero-order chi connectivity index (χ0) is 22.4. The van der Waals surface area contributed by atoms with Gasteiger partial charge in [0.15, 0.2) is 6.29 Å². The van der Waals surface area contributed by atoms with Gasteiger partial charge >= 0.3 is 0 Å². The van der Waals surface area contributed by atoms with Crippen LogP contribution in [0.2, 0.25) is 0 Å². The molecule has 1 aliphatic heterocycles. The van der Waals surface area contributed by atoms with E-state index in [0.717, 1.165) is 38.0 Å². The summed E-state index contributed by atoms with van der Waals surface area (Å²) < 4.78 is 11.9. The third-order valence-corrected chi connectivity index (χ3v) is 6.44. The number of rotatable bonds is 13. The standard InChI is InChI=1S/C29H39NO2/c1-2-3-4-5-6-7-9-24-12-14-25(15-13-24)10-8-11-28-22-31-29(32-23-28)20-26-16-18-27(21-30)19-17-26/h12-19,28-29H,2-11,20,22-23H2,1H3. The lowest BCUT2D eigenvalue weighted by Gasteiger charge is -2.29. The molecule has 32 heavy (non-hydrogen) atoms. The van der Waals surface area contributed by atoms with Crippen molar-refractivity contribution in [3.63, 3.8) is 0 Å². The zero-order valence-electron chi connectivity index (χ0n) is 19.7. The van der Waals surface area contributed by atoms with E-state index < -0.39 is 0 Å². The molecule has 0 radical (unpaired) electrons. The van der Waals surface area contributed by atoms with Gasteiger partial charge in [0.1, 0.15) is 0 Å². The summed E-state index contributed by atoms with van der Waals surface area (Å²) in [6.45, 7) is 3.82. The second-order valence-corrected chi connectivity index (χ2v) is 9.20. The van der Waals surface area contributed by atoms with Crippen LogP contribution in [0.1, 0.15) is 80.5 Å². The minimum Gasteiger partial charge on any atom is -0.352 e. The summed E-state index contributed by atoms with van der Waals surface area (Å²) in [5.41, 5.74) is 4.75. The van der Waals surface area contributed by atoms with Crippen LogP contribution < -0.4 is 0 Å². The number of hydrogen-bond acceptors (Lipinski definition) is 3.